The summed E-state index contributed by atoms with van der Waals surface area (Å²) < 4.78 is 2.26. The molecule has 0 saturated heterocycles. The van der Waals surface area contributed by atoms with E-state index in [1.165, 1.54) is 37.9 Å². The molecule has 1 fully saturated rings. The minimum absolute atomic E-state index is 0.492. The van der Waals surface area contributed by atoms with Gasteiger partial charge in [0.05, 0.1) is 6.54 Å². The third kappa shape index (κ3) is 2.86. The van der Waals surface area contributed by atoms with Gasteiger partial charge in [-0.05, 0) is 18.8 Å². The molecule has 17 heavy (non-hydrogen) atoms. The van der Waals surface area contributed by atoms with Crippen LogP contribution in [0.2, 0.25) is 0 Å². The Kier molecular flexibility index (Phi) is 4.15. The normalized spacial score (nSPS) is 17.9. The minimum Gasteiger partial charge on any atom is -0.324 e. The molecule has 0 aromatic carbocycles. The molecule has 1 aliphatic rings. The highest BCUT2D eigenvalue weighted by molar-refractivity contribution is 5.03. The van der Waals surface area contributed by atoms with Gasteiger partial charge in [-0.2, -0.15) is 0 Å². The van der Waals surface area contributed by atoms with Crippen LogP contribution in [0.15, 0.2) is 0 Å². The molecule has 0 aliphatic heterocycles. The quantitative estimate of drug-likeness (QED) is 0.873. The van der Waals surface area contributed by atoms with Crippen LogP contribution in [0.25, 0.3) is 0 Å². The zero-order chi connectivity index (χ0) is 12.3. The summed E-state index contributed by atoms with van der Waals surface area (Å²) in [6, 6.07) is 0. The molecule has 96 valence electrons. The first-order valence-electron chi connectivity index (χ1n) is 6.84. The zero-order valence-corrected chi connectivity index (χ0v) is 11.0. The number of hydrogen-bond acceptors (Lipinski definition) is 3. The van der Waals surface area contributed by atoms with Crippen LogP contribution in [0.4, 0.5) is 0 Å². The Bertz CT molecular complexity index is 350. The maximum absolute atomic E-state index is 5.75. The van der Waals surface area contributed by atoms with Crippen LogP contribution in [0.5, 0.6) is 0 Å². The number of hydrogen-bond donors (Lipinski definition) is 1. The van der Waals surface area contributed by atoms with Gasteiger partial charge >= 0.3 is 0 Å². The summed E-state index contributed by atoms with van der Waals surface area (Å²) in [7, 11) is 0. The van der Waals surface area contributed by atoms with Crippen molar-refractivity contribution in [2.75, 3.05) is 0 Å². The first-order valence-corrected chi connectivity index (χ1v) is 6.84. The summed E-state index contributed by atoms with van der Waals surface area (Å²) in [6.45, 7) is 5.94. The molecule has 1 aliphatic carbocycles. The van der Waals surface area contributed by atoms with E-state index in [9.17, 15) is 0 Å². The van der Waals surface area contributed by atoms with E-state index in [4.69, 9.17) is 5.73 Å². The van der Waals surface area contributed by atoms with Crippen molar-refractivity contribution in [1.29, 1.82) is 0 Å². The number of nitrogens with zero attached hydrogens (tertiary/aromatic N) is 3. The van der Waals surface area contributed by atoms with Gasteiger partial charge in [0.2, 0.25) is 0 Å². The van der Waals surface area contributed by atoms with E-state index in [2.05, 4.69) is 28.6 Å². The standard InChI is InChI=1S/C13H24N4/c1-10(2)9-17-12(8-14)15-16-13(17)11-6-4-3-5-7-11/h10-11H,3-9,14H2,1-2H3. The van der Waals surface area contributed by atoms with E-state index >= 15 is 0 Å². The highest BCUT2D eigenvalue weighted by atomic mass is 15.3. The second-order valence-corrected chi connectivity index (χ2v) is 5.52. The Labute approximate surface area is 104 Å². The zero-order valence-electron chi connectivity index (χ0n) is 11.0. The maximum atomic E-state index is 5.75. The van der Waals surface area contributed by atoms with Gasteiger partial charge in [-0.1, -0.05) is 33.1 Å². The average molecular weight is 236 g/mol. The van der Waals surface area contributed by atoms with Gasteiger partial charge in [0.25, 0.3) is 0 Å². The van der Waals surface area contributed by atoms with E-state index in [1.54, 1.807) is 0 Å². The molecule has 0 bridgehead atoms. The van der Waals surface area contributed by atoms with Crippen LogP contribution in [-0.4, -0.2) is 14.8 Å². The van der Waals surface area contributed by atoms with Crippen LogP contribution >= 0.6 is 0 Å². The summed E-state index contributed by atoms with van der Waals surface area (Å²) in [6.07, 6.45) is 6.56. The van der Waals surface area contributed by atoms with Gasteiger partial charge in [-0.3, -0.25) is 0 Å². The lowest BCUT2D eigenvalue weighted by Gasteiger charge is -2.22. The summed E-state index contributed by atoms with van der Waals surface area (Å²) in [5, 5.41) is 8.65. The van der Waals surface area contributed by atoms with Gasteiger partial charge in [-0.15, -0.1) is 10.2 Å². The molecule has 0 radical (unpaired) electrons. The highest BCUT2D eigenvalue weighted by Crippen LogP contribution is 2.32. The van der Waals surface area contributed by atoms with E-state index in [1.807, 2.05) is 0 Å². The summed E-state index contributed by atoms with van der Waals surface area (Å²) in [5.74, 6) is 3.34. The Morgan fingerprint density at radius 1 is 1.24 bits per heavy atom. The second-order valence-electron chi connectivity index (χ2n) is 5.52. The monoisotopic (exact) mass is 236 g/mol. The number of aromatic nitrogens is 3. The summed E-state index contributed by atoms with van der Waals surface area (Å²) >= 11 is 0. The van der Waals surface area contributed by atoms with Crippen LogP contribution in [-0.2, 0) is 13.1 Å². The predicted molar refractivity (Wildman–Crippen MR) is 68.6 cm³/mol. The van der Waals surface area contributed by atoms with Gasteiger partial charge in [0.15, 0.2) is 0 Å². The van der Waals surface area contributed by atoms with E-state index < -0.39 is 0 Å². The van der Waals surface area contributed by atoms with Crippen molar-refractivity contribution in [2.45, 2.75) is 65.0 Å². The molecular weight excluding hydrogens is 212 g/mol. The van der Waals surface area contributed by atoms with Crippen molar-refractivity contribution < 1.29 is 0 Å². The Morgan fingerprint density at radius 2 is 1.94 bits per heavy atom. The molecular formula is C13H24N4. The lowest BCUT2D eigenvalue weighted by molar-refractivity contribution is 0.399. The van der Waals surface area contributed by atoms with Crippen LogP contribution in [0.3, 0.4) is 0 Å². The average Bonchev–Trinajstić information content (AvgIpc) is 2.72. The number of rotatable bonds is 4. The summed E-state index contributed by atoms with van der Waals surface area (Å²) in [5.41, 5.74) is 5.75. The van der Waals surface area contributed by atoms with Crippen LogP contribution in [0.1, 0.15) is 63.5 Å². The SMILES string of the molecule is CC(C)Cn1c(CN)nnc1C1CCCCC1. The molecule has 1 saturated carbocycles. The maximum Gasteiger partial charge on any atom is 0.146 e. The van der Waals surface area contributed by atoms with Gasteiger partial charge in [0.1, 0.15) is 11.6 Å². The van der Waals surface area contributed by atoms with Gasteiger partial charge in [0, 0.05) is 12.5 Å². The molecule has 2 N–H and O–H groups in total. The first-order chi connectivity index (χ1) is 8.22. The lowest BCUT2D eigenvalue weighted by atomic mass is 9.88. The van der Waals surface area contributed by atoms with E-state index in [0.29, 0.717) is 18.4 Å². The topological polar surface area (TPSA) is 56.7 Å². The molecule has 4 heteroatoms. The first kappa shape index (κ1) is 12.6. The fourth-order valence-electron chi connectivity index (χ4n) is 2.73. The third-order valence-electron chi connectivity index (χ3n) is 3.56. The molecule has 0 spiro atoms. The van der Waals surface area contributed by atoms with Crippen molar-refractivity contribution in [3.8, 4) is 0 Å². The van der Waals surface area contributed by atoms with Crippen LogP contribution in [0, 0.1) is 5.92 Å². The van der Waals surface area contributed by atoms with E-state index in [-0.39, 0.29) is 0 Å². The molecule has 0 amide bonds. The van der Waals surface area contributed by atoms with Crippen molar-refractivity contribution in [1.82, 2.24) is 14.8 Å². The Hall–Kier alpha value is -0.900. The van der Waals surface area contributed by atoms with Crippen molar-refractivity contribution in [3.05, 3.63) is 11.6 Å². The third-order valence-corrected chi connectivity index (χ3v) is 3.56. The summed E-state index contributed by atoms with van der Waals surface area (Å²) in [4.78, 5) is 0. The molecule has 0 atom stereocenters. The Morgan fingerprint density at radius 3 is 2.53 bits per heavy atom. The minimum atomic E-state index is 0.492. The largest absolute Gasteiger partial charge is 0.324 e. The molecule has 4 nitrogen and oxygen atoms in total. The Balaban J connectivity index is 2.22. The van der Waals surface area contributed by atoms with Gasteiger partial charge in [-0.25, -0.2) is 0 Å². The molecule has 0 unspecified atom stereocenters. The molecule has 2 rings (SSSR count). The fourth-order valence-corrected chi connectivity index (χ4v) is 2.73. The van der Waals surface area contributed by atoms with Gasteiger partial charge < -0.3 is 10.3 Å². The smallest absolute Gasteiger partial charge is 0.146 e. The van der Waals surface area contributed by atoms with Crippen molar-refractivity contribution in [3.63, 3.8) is 0 Å². The highest BCUT2D eigenvalue weighted by Gasteiger charge is 2.22. The van der Waals surface area contributed by atoms with E-state index in [0.717, 1.165) is 12.4 Å². The van der Waals surface area contributed by atoms with Crippen molar-refractivity contribution in [2.24, 2.45) is 11.7 Å². The lowest BCUT2D eigenvalue weighted by Crippen LogP contribution is -2.17. The molecule has 1 heterocycles. The predicted octanol–water partition coefficient (Wildman–Crippen LogP) is 2.44. The molecule has 1 aromatic heterocycles. The fraction of sp³-hybridized carbons (Fsp3) is 0.846. The second kappa shape index (κ2) is 5.63. The van der Waals surface area contributed by atoms with Crippen molar-refractivity contribution >= 4 is 0 Å². The number of nitrogens with two attached hydrogens (primary N) is 1. The molecule has 1 aromatic rings. The van der Waals surface area contributed by atoms with Crippen LogP contribution < -0.4 is 5.73 Å².